The molecule has 0 aliphatic carbocycles. The molecule has 1 aromatic heterocycles. The Morgan fingerprint density at radius 2 is 1.75 bits per heavy atom. The van der Waals surface area contributed by atoms with Crippen molar-refractivity contribution in [3.8, 4) is 0 Å². The summed E-state index contributed by atoms with van der Waals surface area (Å²) in [6.07, 6.45) is 0. The molecule has 0 bridgehead atoms. The van der Waals surface area contributed by atoms with Crippen LogP contribution in [-0.4, -0.2) is 22.7 Å². The van der Waals surface area contributed by atoms with Crippen molar-refractivity contribution in [2.75, 3.05) is 10.6 Å². The number of carbonyl (C=O) groups is 2. The van der Waals surface area contributed by atoms with Gasteiger partial charge >= 0.3 is 0 Å². The molecule has 0 aliphatic rings. The average Bonchev–Trinajstić information content (AvgIpc) is 3.04. The average molecular weight is 419 g/mol. The Morgan fingerprint density at radius 3 is 2.32 bits per heavy atom. The molecule has 3 rings (SSSR count). The summed E-state index contributed by atoms with van der Waals surface area (Å²) in [6, 6.07) is 11.1. The lowest BCUT2D eigenvalue weighted by Gasteiger charge is -2.26. The third-order valence-corrected chi connectivity index (χ3v) is 5.39. The van der Waals surface area contributed by atoms with Crippen molar-refractivity contribution in [2.24, 2.45) is 5.73 Å². The molecular weight excluding hydrogens is 403 g/mol. The highest BCUT2D eigenvalue weighted by Crippen LogP contribution is 2.36. The number of nitrogens with two attached hydrogens (primary N) is 2. The van der Waals surface area contributed by atoms with Gasteiger partial charge in [-0.3, -0.25) is 9.59 Å². The first-order valence-corrected chi connectivity index (χ1v) is 9.38. The highest BCUT2D eigenvalue weighted by atomic mass is 35.5. The first-order valence-electron chi connectivity index (χ1n) is 8.18. The molecule has 0 radical (unpaired) electrons. The van der Waals surface area contributed by atoms with Gasteiger partial charge in [-0.15, -0.1) is 0 Å². The van der Waals surface area contributed by atoms with E-state index in [-0.39, 0.29) is 22.0 Å². The maximum Gasteiger partial charge on any atom is 0.240 e. The summed E-state index contributed by atoms with van der Waals surface area (Å²) in [7, 11) is 0. The van der Waals surface area contributed by atoms with E-state index in [1.807, 2.05) is 0 Å². The van der Waals surface area contributed by atoms with Gasteiger partial charge in [-0.2, -0.15) is 0 Å². The topological polar surface area (TPSA) is 102 Å². The van der Waals surface area contributed by atoms with E-state index >= 15 is 0 Å². The van der Waals surface area contributed by atoms with Gasteiger partial charge in [0.15, 0.2) is 5.13 Å². The van der Waals surface area contributed by atoms with Gasteiger partial charge < -0.3 is 16.4 Å². The number of thiazole rings is 1. The van der Waals surface area contributed by atoms with Gasteiger partial charge in [0, 0.05) is 16.3 Å². The number of nitrogens with zero attached hydrogens (tertiary/aromatic N) is 2. The van der Waals surface area contributed by atoms with Crippen molar-refractivity contribution in [1.82, 2.24) is 4.98 Å². The zero-order valence-electron chi connectivity index (χ0n) is 14.7. The van der Waals surface area contributed by atoms with E-state index in [0.717, 1.165) is 11.3 Å². The molecule has 9 heteroatoms. The van der Waals surface area contributed by atoms with Crippen LogP contribution in [0.15, 0.2) is 48.5 Å². The molecule has 0 fully saturated rings. The largest absolute Gasteiger partial charge is 0.382 e. The molecular formula is C19H16ClFN4O2S. The highest BCUT2D eigenvalue weighted by molar-refractivity contribution is 7.18. The number of nitrogen functional groups attached to an aromatic ring is 1. The second-order valence-electron chi connectivity index (χ2n) is 5.97. The number of carbonyl (C=O) groups excluding carboxylic acids is 2. The molecule has 1 amide bonds. The number of amides is 1. The van der Waals surface area contributed by atoms with E-state index in [1.165, 1.54) is 24.3 Å². The van der Waals surface area contributed by atoms with Crippen molar-refractivity contribution >= 4 is 51.3 Å². The zero-order chi connectivity index (χ0) is 20.4. The predicted octanol–water partition coefficient (Wildman–Crippen LogP) is 3.76. The Bertz CT molecular complexity index is 1020. The van der Waals surface area contributed by atoms with Gasteiger partial charge in [-0.25, -0.2) is 9.37 Å². The summed E-state index contributed by atoms with van der Waals surface area (Å²) in [5.74, 6) is -1.39. The number of halogens is 2. The van der Waals surface area contributed by atoms with Crippen molar-refractivity contribution in [1.29, 1.82) is 0 Å². The number of aromatic nitrogens is 1. The van der Waals surface area contributed by atoms with E-state index in [4.69, 9.17) is 23.1 Å². The van der Waals surface area contributed by atoms with Gasteiger partial charge in [0.05, 0.1) is 0 Å². The number of anilines is 3. The van der Waals surface area contributed by atoms with Crippen molar-refractivity contribution in [2.45, 2.75) is 13.0 Å². The Balaban J connectivity index is 2.03. The number of hydrogen-bond donors (Lipinski definition) is 2. The smallest absolute Gasteiger partial charge is 0.240 e. The van der Waals surface area contributed by atoms with E-state index in [0.29, 0.717) is 15.8 Å². The predicted molar refractivity (Wildman–Crippen MR) is 109 cm³/mol. The number of primary amides is 1. The minimum absolute atomic E-state index is 0.0185. The molecule has 1 unspecified atom stereocenters. The fraction of sp³-hybridized carbons (Fsp3) is 0.105. The van der Waals surface area contributed by atoms with Crippen LogP contribution in [-0.2, 0) is 4.79 Å². The van der Waals surface area contributed by atoms with Gasteiger partial charge in [0.1, 0.15) is 22.6 Å². The normalized spacial score (nSPS) is 11.8. The van der Waals surface area contributed by atoms with Crippen LogP contribution in [0.1, 0.15) is 22.2 Å². The fourth-order valence-electron chi connectivity index (χ4n) is 2.55. The first kappa shape index (κ1) is 19.8. The lowest BCUT2D eigenvalue weighted by molar-refractivity contribution is -0.118. The molecule has 0 saturated heterocycles. The fourth-order valence-corrected chi connectivity index (χ4v) is 3.72. The Hall–Kier alpha value is -2.97. The molecule has 0 spiro atoms. The molecule has 28 heavy (non-hydrogen) atoms. The Kier molecular flexibility index (Phi) is 5.62. The Morgan fingerprint density at radius 1 is 1.14 bits per heavy atom. The van der Waals surface area contributed by atoms with E-state index < -0.39 is 17.8 Å². The lowest BCUT2D eigenvalue weighted by Crippen LogP contribution is -2.39. The second-order valence-corrected chi connectivity index (χ2v) is 7.39. The molecule has 0 aliphatic heterocycles. The van der Waals surface area contributed by atoms with Gasteiger partial charge in [-0.05, 0) is 55.5 Å². The lowest BCUT2D eigenvalue weighted by atomic mass is 10.1. The highest BCUT2D eigenvalue weighted by Gasteiger charge is 2.27. The minimum atomic E-state index is -0.750. The third-order valence-electron chi connectivity index (χ3n) is 4.06. The van der Waals surface area contributed by atoms with Crippen LogP contribution < -0.4 is 16.4 Å². The van der Waals surface area contributed by atoms with Crippen molar-refractivity contribution < 1.29 is 14.0 Å². The van der Waals surface area contributed by atoms with Crippen LogP contribution in [0.5, 0.6) is 0 Å². The Labute approximate surface area is 169 Å². The van der Waals surface area contributed by atoms with Crippen molar-refractivity contribution in [3.63, 3.8) is 0 Å². The standard InChI is InChI=1S/C19H16ClFN4O2S/c1-10(18(23)27)25(14-8-4-12(20)5-9-14)19-24-17(22)16(28-19)15(26)11-2-6-13(21)7-3-11/h2-10H,22H2,1H3,(H2,23,27). The molecule has 0 saturated carbocycles. The summed E-state index contributed by atoms with van der Waals surface area (Å²) < 4.78 is 13.1. The van der Waals surface area contributed by atoms with Crippen LogP contribution in [0, 0.1) is 5.82 Å². The quantitative estimate of drug-likeness (QED) is 0.593. The SMILES string of the molecule is CC(C(N)=O)N(c1ccc(Cl)cc1)c1nc(N)c(C(=O)c2ccc(F)cc2)s1. The van der Waals surface area contributed by atoms with Gasteiger partial charge in [0.2, 0.25) is 11.7 Å². The monoisotopic (exact) mass is 418 g/mol. The molecule has 3 aromatic rings. The van der Waals surface area contributed by atoms with Gasteiger partial charge in [0.25, 0.3) is 0 Å². The summed E-state index contributed by atoms with van der Waals surface area (Å²) in [5, 5.41) is 0.859. The first-order chi connectivity index (χ1) is 13.3. The molecule has 1 heterocycles. The second kappa shape index (κ2) is 7.95. The molecule has 2 aromatic carbocycles. The number of benzene rings is 2. The molecule has 1 atom stereocenters. The molecule has 6 nitrogen and oxygen atoms in total. The number of hydrogen-bond acceptors (Lipinski definition) is 6. The van der Waals surface area contributed by atoms with Gasteiger partial charge in [-0.1, -0.05) is 22.9 Å². The zero-order valence-corrected chi connectivity index (χ0v) is 16.3. The minimum Gasteiger partial charge on any atom is -0.382 e. The third kappa shape index (κ3) is 3.97. The van der Waals surface area contributed by atoms with Crippen molar-refractivity contribution in [3.05, 3.63) is 69.8 Å². The molecule has 4 N–H and O–H groups in total. The van der Waals surface area contributed by atoms with E-state index in [2.05, 4.69) is 4.98 Å². The van der Waals surface area contributed by atoms with Crippen LogP contribution >= 0.6 is 22.9 Å². The van der Waals surface area contributed by atoms with E-state index in [1.54, 1.807) is 36.1 Å². The summed E-state index contributed by atoms with van der Waals surface area (Å²) in [5.41, 5.74) is 12.4. The summed E-state index contributed by atoms with van der Waals surface area (Å²) in [4.78, 5) is 30.6. The summed E-state index contributed by atoms with van der Waals surface area (Å²) in [6.45, 7) is 1.62. The number of rotatable bonds is 6. The maximum atomic E-state index is 13.1. The molecule has 144 valence electrons. The van der Waals surface area contributed by atoms with E-state index in [9.17, 15) is 14.0 Å². The van der Waals surface area contributed by atoms with Crippen LogP contribution in [0.4, 0.5) is 21.0 Å². The van der Waals surface area contributed by atoms with Crippen LogP contribution in [0.2, 0.25) is 5.02 Å². The summed E-state index contributed by atoms with van der Waals surface area (Å²) >= 11 is 6.97. The van der Waals surface area contributed by atoms with Crippen LogP contribution in [0.25, 0.3) is 0 Å². The number of ketones is 1. The van der Waals surface area contributed by atoms with Crippen LogP contribution in [0.3, 0.4) is 0 Å². The maximum absolute atomic E-state index is 13.1.